The molecule has 0 saturated heterocycles. The summed E-state index contributed by atoms with van der Waals surface area (Å²) in [7, 11) is 0. The topological polar surface area (TPSA) is 66.9 Å². The summed E-state index contributed by atoms with van der Waals surface area (Å²) in [5.41, 5.74) is 1.73. The van der Waals surface area contributed by atoms with Gasteiger partial charge in [-0.25, -0.2) is 0 Å². The molecule has 0 bridgehead atoms. The molecular formula is C20H17N3O2S. The number of hydrogen-bond acceptors (Lipinski definition) is 3. The first-order valence-corrected chi connectivity index (χ1v) is 8.60. The summed E-state index contributed by atoms with van der Waals surface area (Å²) in [5.74, 6) is 5.64. The summed E-state index contributed by atoms with van der Waals surface area (Å²) < 4.78 is 1.83. The Bertz CT molecular complexity index is 1130. The van der Waals surface area contributed by atoms with E-state index in [9.17, 15) is 9.59 Å². The van der Waals surface area contributed by atoms with Crippen LogP contribution in [0.1, 0.15) is 22.8 Å². The Morgan fingerprint density at radius 1 is 1.23 bits per heavy atom. The molecule has 26 heavy (non-hydrogen) atoms. The summed E-state index contributed by atoms with van der Waals surface area (Å²) >= 11 is 5.20. The maximum atomic E-state index is 12.4. The molecule has 0 aliphatic heterocycles. The highest BCUT2D eigenvalue weighted by Crippen LogP contribution is 2.10. The third kappa shape index (κ3) is 3.73. The first kappa shape index (κ1) is 17.6. The number of nitrogens with zero attached hydrogens (tertiary/aromatic N) is 1. The normalized spacial score (nSPS) is 10.2. The molecule has 0 aliphatic rings. The summed E-state index contributed by atoms with van der Waals surface area (Å²) in [4.78, 5) is 27.7. The third-order valence-corrected chi connectivity index (χ3v) is 4.23. The van der Waals surface area contributed by atoms with Gasteiger partial charge in [0.15, 0.2) is 4.77 Å². The van der Waals surface area contributed by atoms with E-state index >= 15 is 0 Å². The highest BCUT2D eigenvalue weighted by Gasteiger charge is 2.09. The molecular weight excluding hydrogens is 346 g/mol. The van der Waals surface area contributed by atoms with Crippen LogP contribution < -0.4 is 10.9 Å². The molecule has 3 rings (SSSR count). The minimum Gasteiger partial charge on any atom is -0.341 e. The zero-order chi connectivity index (χ0) is 18.5. The van der Waals surface area contributed by atoms with Crippen LogP contribution in [-0.4, -0.2) is 22.0 Å². The maximum absolute atomic E-state index is 12.4. The number of fused-ring (bicyclic) bond motifs is 1. The van der Waals surface area contributed by atoms with E-state index in [4.69, 9.17) is 12.2 Å². The van der Waals surface area contributed by atoms with Crippen molar-refractivity contribution in [2.75, 3.05) is 6.54 Å². The van der Waals surface area contributed by atoms with E-state index in [1.54, 1.807) is 18.2 Å². The highest BCUT2D eigenvalue weighted by molar-refractivity contribution is 7.71. The Morgan fingerprint density at radius 3 is 2.73 bits per heavy atom. The van der Waals surface area contributed by atoms with Gasteiger partial charge in [0.25, 0.3) is 11.5 Å². The minimum atomic E-state index is -0.256. The van der Waals surface area contributed by atoms with Crippen molar-refractivity contribution in [2.24, 2.45) is 0 Å². The number of aromatic amines is 1. The molecule has 0 spiro atoms. The van der Waals surface area contributed by atoms with Gasteiger partial charge in [0, 0.05) is 17.7 Å². The summed E-state index contributed by atoms with van der Waals surface area (Å²) in [6.45, 7) is 2.58. The van der Waals surface area contributed by atoms with E-state index in [1.807, 2.05) is 37.3 Å². The number of hydrogen-bond donors (Lipinski definition) is 2. The minimum absolute atomic E-state index is 0.160. The van der Waals surface area contributed by atoms with Gasteiger partial charge in [0.2, 0.25) is 0 Å². The molecule has 0 radical (unpaired) electrons. The van der Waals surface area contributed by atoms with Gasteiger partial charge < -0.3 is 10.3 Å². The fourth-order valence-electron chi connectivity index (χ4n) is 2.58. The number of rotatable bonds is 3. The smallest absolute Gasteiger partial charge is 0.262 e. The molecule has 5 nitrogen and oxygen atoms in total. The third-order valence-electron chi connectivity index (χ3n) is 3.90. The Balaban J connectivity index is 1.78. The quantitative estimate of drug-likeness (QED) is 0.555. The van der Waals surface area contributed by atoms with Crippen molar-refractivity contribution in [1.29, 1.82) is 0 Å². The molecule has 2 N–H and O–H groups in total. The Hall–Kier alpha value is -3.17. The molecule has 0 atom stereocenters. The number of H-pyrrole nitrogens is 1. The van der Waals surface area contributed by atoms with Gasteiger partial charge >= 0.3 is 0 Å². The van der Waals surface area contributed by atoms with Crippen molar-refractivity contribution < 1.29 is 4.79 Å². The Kier molecular flexibility index (Phi) is 5.30. The van der Waals surface area contributed by atoms with Crippen LogP contribution in [0, 0.1) is 16.6 Å². The van der Waals surface area contributed by atoms with Gasteiger partial charge in [0.05, 0.1) is 17.4 Å². The van der Waals surface area contributed by atoms with Crippen LogP contribution in [0.4, 0.5) is 0 Å². The van der Waals surface area contributed by atoms with Crippen LogP contribution in [0.3, 0.4) is 0 Å². The first-order chi connectivity index (χ1) is 12.6. The predicted molar refractivity (Wildman–Crippen MR) is 105 cm³/mol. The molecule has 2 aromatic carbocycles. The molecule has 3 aromatic rings. The molecule has 0 aliphatic carbocycles. The molecule has 130 valence electrons. The lowest BCUT2D eigenvalue weighted by atomic mass is 10.1. The summed E-state index contributed by atoms with van der Waals surface area (Å²) in [6.07, 6.45) is 0. The monoisotopic (exact) mass is 363 g/mol. The molecule has 0 fully saturated rings. The van der Waals surface area contributed by atoms with Crippen molar-refractivity contribution >= 4 is 29.0 Å². The number of carbonyl (C=O) groups excluding carboxylic acids is 1. The average molecular weight is 363 g/mol. The van der Waals surface area contributed by atoms with Gasteiger partial charge in [-0.05, 0) is 49.5 Å². The second-order valence-electron chi connectivity index (χ2n) is 5.59. The number of benzene rings is 2. The number of amides is 1. The summed E-state index contributed by atoms with van der Waals surface area (Å²) in [5, 5.41) is 3.25. The zero-order valence-electron chi connectivity index (χ0n) is 14.2. The van der Waals surface area contributed by atoms with Gasteiger partial charge in [-0.2, -0.15) is 0 Å². The first-order valence-electron chi connectivity index (χ1n) is 8.19. The molecule has 6 heteroatoms. The van der Waals surface area contributed by atoms with E-state index < -0.39 is 0 Å². The number of nitrogens with one attached hydrogen (secondary N) is 2. The van der Waals surface area contributed by atoms with E-state index in [0.29, 0.717) is 27.8 Å². The van der Waals surface area contributed by atoms with Gasteiger partial charge in [-0.1, -0.05) is 30.0 Å². The Labute approximate surface area is 155 Å². The van der Waals surface area contributed by atoms with Crippen molar-refractivity contribution in [1.82, 2.24) is 14.9 Å². The lowest BCUT2D eigenvalue weighted by Crippen LogP contribution is -2.24. The zero-order valence-corrected chi connectivity index (χ0v) is 15.0. The molecule has 1 heterocycles. The lowest BCUT2D eigenvalue weighted by molar-refractivity contribution is 0.0959. The van der Waals surface area contributed by atoms with E-state index in [1.165, 1.54) is 4.57 Å². The highest BCUT2D eigenvalue weighted by atomic mass is 32.1. The molecule has 0 saturated carbocycles. The van der Waals surface area contributed by atoms with Crippen LogP contribution in [-0.2, 0) is 6.54 Å². The van der Waals surface area contributed by atoms with Crippen molar-refractivity contribution in [3.05, 3.63) is 74.8 Å². The van der Waals surface area contributed by atoms with Gasteiger partial charge in [-0.3, -0.25) is 14.2 Å². The van der Waals surface area contributed by atoms with Crippen LogP contribution >= 0.6 is 12.2 Å². The molecule has 0 unspecified atom stereocenters. The van der Waals surface area contributed by atoms with Crippen LogP contribution in [0.25, 0.3) is 10.9 Å². The van der Waals surface area contributed by atoms with Gasteiger partial charge in [-0.15, -0.1) is 0 Å². The Morgan fingerprint density at radius 2 is 2.00 bits per heavy atom. The van der Waals surface area contributed by atoms with E-state index in [0.717, 1.165) is 5.56 Å². The second-order valence-corrected chi connectivity index (χ2v) is 5.98. The van der Waals surface area contributed by atoms with Crippen molar-refractivity contribution in [3.63, 3.8) is 0 Å². The van der Waals surface area contributed by atoms with Crippen LogP contribution in [0.15, 0.2) is 53.3 Å². The predicted octanol–water partition coefficient (Wildman–Crippen LogP) is 2.86. The maximum Gasteiger partial charge on any atom is 0.262 e. The molecule has 1 amide bonds. The fraction of sp³-hybridized carbons (Fsp3) is 0.150. The van der Waals surface area contributed by atoms with E-state index in [2.05, 4.69) is 22.1 Å². The second kappa shape index (κ2) is 7.81. The summed E-state index contributed by atoms with van der Waals surface area (Å²) in [6, 6.07) is 14.5. The van der Waals surface area contributed by atoms with Crippen molar-refractivity contribution in [3.8, 4) is 11.8 Å². The number of carbonyl (C=O) groups is 1. The van der Waals surface area contributed by atoms with Crippen LogP contribution in [0.2, 0.25) is 0 Å². The average Bonchev–Trinajstić information content (AvgIpc) is 2.65. The van der Waals surface area contributed by atoms with Gasteiger partial charge in [0.1, 0.15) is 0 Å². The largest absolute Gasteiger partial charge is 0.341 e. The SMILES string of the molecule is CCn1c(=S)[nH]c2cc(C(=O)NCC#Cc3ccccc3)ccc2c1=O. The fourth-order valence-corrected chi connectivity index (χ4v) is 2.90. The van der Waals surface area contributed by atoms with E-state index in [-0.39, 0.29) is 18.0 Å². The number of aromatic nitrogens is 2. The van der Waals surface area contributed by atoms with Crippen molar-refractivity contribution in [2.45, 2.75) is 13.5 Å². The lowest BCUT2D eigenvalue weighted by Gasteiger charge is -2.07. The standard InChI is InChI=1S/C20H17N3O2S/c1-2-23-19(25)16-11-10-15(13-17(16)22-20(23)26)18(24)21-12-6-9-14-7-4-3-5-8-14/h3-5,7-8,10-11,13H,2,12H2,1H3,(H,21,24)(H,22,26). The van der Waals surface area contributed by atoms with Crippen LogP contribution in [0.5, 0.6) is 0 Å². The molecule has 1 aromatic heterocycles.